The van der Waals surface area contributed by atoms with Crippen molar-refractivity contribution in [2.75, 3.05) is 11.9 Å². The van der Waals surface area contributed by atoms with Gasteiger partial charge in [-0.2, -0.15) is 0 Å². The summed E-state index contributed by atoms with van der Waals surface area (Å²) in [4.78, 5) is 20.0. The molecule has 100 valence electrons. The fraction of sp³-hybridized carbons (Fsp3) is 0.308. The third-order valence-electron chi connectivity index (χ3n) is 2.45. The quantitative estimate of drug-likeness (QED) is 0.856. The Hall–Kier alpha value is -2.37. The second-order valence-electron chi connectivity index (χ2n) is 4.01. The molecule has 19 heavy (non-hydrogen) atoms. The number of nitrogens with zero attached hydrogens (tertiary/aromatic N) is 2. The van der Waals surface area contributed by atoms with Crippen molar-refractivity contribution in [2.24, 2.45) is 0 Å². The Labute approximate surface area is 111 Å². The molecule has 2 N–H and O–H groups in total. The molecule has 0 spiro atoms. The van der Waals surface area contributed by atoms with Crippen molar-refractivity contribution in [1.29, 1.82) is 0 Å². The zero-order valence-electron chi connectivity index (χ0n) is 10.9. The molecule has 0 atom stereocenters. The first kappa shape index (κ1) is 13.1. The Morgan fingerprint density at radius 3 is 2.74 bits per heavy atom. The van der Waals surface area contributed by atoms with Gasteiger partial charge in [0.05, 0.1) is 18.3 Å². The van der Waals surface area contributed by atoms with Crippen molar-refractivity contribution in [3.05, 3.63) is 41.7 Å². The molecule has 2 heterocycles. The third kappa shape index (κ3) is 3.54. The number of oxazole rings is 1. The predicted molar refractivity (Wildman–Crippen MR) is 70.8 cm³/mol. The largest absolute Gasteiger partial charge is 0.444 e. The monoisotopic (exact) mass is 260 g/mol. The number of carbonyl (C=O) groups is 1. The lowest BCUT2D eigenvalue weighted by atomic mass is 10.2. The lowest BCUT2D eigenvalue weighted by Crippen LogP contribution is -2.23. The molecule has 0 unspecified atom stereocenters. The van der Waals surface area contributed by atoms with Gasteiger partial charge in [-0.1, -0.05) is 0 Å². The number of anilines is 1. The van der Waals surface area contributed by atoms with Gasteiger partial charge in [-0.15, -0.1) is 0 Å². The van der Waals surface area contributed by atoms with Crippen molar-refractivity contribution < 1.29 is 9.21 Å². The highest BCUT2D eigenvalue weighted by molar-refractivity contribution is 5.93. The molecular weight excluding hydrogens is 244 g/mol. The fourth-order valence-corrected chi connectivity index (χ4v) is 1.55. The van der Waals surface area contributed by atoms with Gasteiger partial charge in [-0.25, -0.2) is 9.97 Å². The van der Waals surface area contributed by atoms with E-state index in [-0.39, 0.29) is 12.5 Å². The van der Waals surface area contributed by atoms with E-state index in [2.05, 4.69) is 20.6 Å². The second-order valence-corrected chi connectivity index (χ2v) is 4.01. The Bertz CT molecular complexity index is 548. The topological polar surface area (TPSA) is 80.0 Å². The SMILES string of the molecule is CCNc1ccc(C(=O)NCc2ncc(C)o2)cn1. The van der Waals surface area contributed by atoms with Crippen molar-refractivity contribution >= 4 is 11.7 Å². The van der Waals surface area contributed by atoms with Crippen molar-refractivity contribution in [1.82, 2.24) is 15.3 Å². The van der Waals surface area contributed by atoms with Crippen LogP contribution in [0.5, 0.6) is 0 Å². The van der Waals surface area contributed by atoms with Crippen LogP contribution < -0.4 is 10.6 Å². The van der Waals surface area contributed by atoms with Gasteiger partial charge < -0.3 is 15.1 Å². The minimum Gasteiger partial charge on any atom is -0.444 e. The number of nitrogens with one attached hydrogen (secondary N) is 2. The van der Waals surface area contributed by atoms with Gasteiger partial charge in [0.25, 0.3) is 5.91 Å². The van der Waals surface area contributed by atoms with Crippen LogP contribution >= 0.6 is 0 Å². The minimum absolute atomic E-state index is 0.202. The second kappa shape index (κ2) is 5.99. The highest BCUT2D eigenvalue weighted by Gasteiger charge is 2.07. The number of hydrogen-bond acceptors (Lipinski definition) is 5. The Morgan fingerprint density at radius 1 is 1.32 bits per heavy atom. The van der Waals surface area contributed by atoms with Gasteiger partial charge in [0.1, 0.15) is 11.6 Å². The zero-order chi connectivity index (χ0) is 13.7. The lowest BCUT2D eigenvalue weighted by Gasteiger charge is -2.04. The smallest absolute Gasteiger partial charge is 0.253 e. The van der Waals surface area contributed by atoms with Crippen molar-refractivity contribution in [3.63, 3.8) is 0 Å². The first-order chi connectivity index (χ1) is 9.19. The fourth-order valence-electron chi connectivity index (χ4n) is 1.55. The molecule has 0 aliphatic heterocycles. The Kier molecular flexibility index (Phi) is 4.12. The molecule has 2 aromatic rings. The Balaban J connectivity index is 1.92. The summed E-state index contributed by atoms with van der Waals surface area (Å²) < 4.78 is 5.27. The molecule has 0 fully saturated rings. The maximum atomic E-state index is 11.9. The number of amides is 1. The number of pyridine rings is 1. The summed E-state index contributed by atoms with van der Waals surface area (Å²) in [6.07, 6.45) is 3.16. The molecular formula is C13H16N4O2. The van der Waals surface area contributed by atoms with Crippen LogP contribution in [0.4, 0.5) is 5.82 Å². The van der Waals surface area contributed by atoms with Crippen LogP contribution in [-0.2, 0) is 6.54 Å². The summed E-state index contributed by atoms with van der Waals surface area (Å²) >= 11 is 0. The van der Waals surface area contributed by atoms with Gasteiger partial charge in [-0.05, 0) is 26.0 Å². The predicted octanol–water partition coefficient (Wildman–Crippen LogP) is 1.74. The number of hydrogen-bond donors (Lipinski definition) is 2. The first-order valence-electron chi connectivity index (χ1n) is 6.08. The molecule has 6 heteroatoms. The van der Waals surface area contributed by atoms with E-state index in [0.29, 0.717) is 11.5 Å². The number of aryl methyl sites for hydroxylation is 1. The van der Waals surface area contributed by atoms with E-state index in [9.17, 15) is 4.79 Å². The standard InChI is InChI=1S/C13H16N4O2/c1-3-14-11-5-4-10(7-15-11)13(18)17-8-12-16-6-9(2)19-12/h4-7H,3,8H2,1-2H3,(H,14,15)(H,17,18). The third-order valence-corrected chi connectivity index (χ3v) is 2.45. The molecule has 0 aromatic carbocycles. The van der Waals surface area contributed by atoms with Gasteiger partial charge in [-0.3, -0.25) is 4.79 Å². The van der Waals surface area contributed by atoms with E-state index in [1.54, 1.807) is 18.3 Å². The Morgan fingerprint density at radius 2 is 2.16 bits per heavy atom. The van der Waals surface area contributed by atoms with Crippen LogP contribution in [0.1, 0.15) is 28.9 Å². The number of aromatic nitrogens is 2. The average molecular weight is 260 g/mol. The summed E-state index contributed by atoms with van der Waals surface area (Å²) in [5, 5.41) is 5.79. The van der Waals surface area contributed by atoms with Gasteiger partial charge in [0, 0.05) is 12.7 Å². The molecule has 0 saturated carbocycles. The summed E-state index contributed by atoms with van der Waals surface area (Å²) in [7, 11) is 0. The van der Waals surface area contributed by atoms with E-state index in [4.69, 9.17) is 4.42 Å². The molecule has 6 nitrogen and oxygen atoms in total. The van der Waals surface area contributed by atoms with E-state index < -0.39 is 0 Å². The van der Waals surface area contributed by atoms with E-state index in [1.165, 1.54) is 6.20 Å². The van der Waals surface area contributed by atoms with E-state index >= 15 is 0 Å². The molecule has 0 saturated heterocycles. The van der Waals surface area contributed by atoms with Gasteiger partial charge in [0.15, 0.2) is 0 Å². The molecule has 2 aromatic heterocycles. The maximum absolute atomic E-state index is 11.9. The zero-order valence-corrected chi connectivity index (χ0v) is 10.9. The number of carbonyl (C=O) groups excluding carboxylic acids is 1. The lowest BCUT2D eigenvalue weighted by molar-refractivity contribution is 0.0947. The molecule has 1 amide bonds. The van der Waals surface area contributed by atoms with Crippen molar-refractivity contribution in [3.8, 4) is 0 Å². The molecule has 2 rings (SSSR count). The van der Waals surface area contributed by atoms with E-state index in [1.807, 2.05) is 13.8 Å². The molecule has 0 radical (unpaired) electrons. The van der Waals surface area contributed by atoms with Gasteiger partial charge >= 0.3 is 0 Å². The highest BCUT2D eigenvalue weighted by atomic mass is 16.4. The summed E-state index contributed by atoms with van der Waals surface area (Å²) in [5.74, 6) is 1.76. The van der Waals surface area contributed by atoms with Crippen LogP contribution in [0.25, 0.3) is 0 Å². The average Bonchev–Trinajstić information content (AvgIpc) is 2.83. The summed E-state index contributed by atoms with van der Waals surface area (Å²) in [6.45, 7) is 4.85. The number of rotatable bonds is 5. The van der Waals surface area contributed by atoms with Crippen LogP contribution in [0.3, 0.4) is 0 Å². The van der Waals surface area contributed by atoms with Gasteiger partial charge in [0.2, 0.25) is 5.89 Å². The first-order valence-corrected chi connectivity index (χ1v) is 6.08. The van der Waals surface area contributed by atoms with Crippen molar-refractivity contribution in [2.45, 2.75) is 20.4 Å². The molecule has 0 aliphatic rings. The molecule has 0 aliphatic carbocycles. The minimum atomic E-state index is -0.202. The summed E-state index contributed by atoms with van der Waals surface area (Å²) in [5.41, 5.74) is 0.505. The highest BCUT2D eigenvalue weighted by Crippen LogP contribution is 2.05. The molecule has 0 bridgehead atoms. The maximum Gasteiger partial charge on any atom is 0.253 e. The normalized spacial score (nSPS) is 10.2. The van der Waals surface area contributed by atoms with Crippen LogP contribution in [-0.4, -0.2) is 22.4 Å². The van der Waals surface area contributed by atoms with E-state index in [0.717, 1.165) is 18.1 Å². The van der Waals surface area contributed by atoms with Crippen LogP contribution in [0, 0.1) is 6.92 Å². The summed E-state index contributed by atoms with van der Waals surface area (Å²) in [6, 6.07) is 3.49. The van der Waals surface area contributed by atoms with Crippen LogP contribution in [0.15, 0.2) is 28.9 Å². The van der Waals surface area contributed by atoms with Crippen LogP contribution in [0.2, 0.25) is 0 Å².